The van der Waals surface area contributed by atoms with Crippen LogP contribution in [0.4, 0.5) is 5.69 Å². The molecule has 1 aliphatic carbocycles. The summed E-state index contributed by atoms with van der Waals surface area (Å²) in [7, 11) is 1.35. The van der Waals surface area contributed by atoms with Gasteiger partial charge in [-0.15, -0.1) is 0 Å². The maximum Gasteiger partial charge on any atom is 0.339 e. The van der Waals surface area contributed by atoms with Crippen molar-refractivity contribution < 1.29 is 19.4 Å². The fourth-order valence-electron chi connectivity index (χ4n) is 3.66. The topological polar surface area (TPSA) is 88.5 Å². The highest BCUT2D eigenvalue weighted by atomic mass is 35.5. The highest BCUT2D eigenvalue weighted by molar-refractivity contribution is 6.35. The number of nitrogens with zero attached hydrogens (tertiary/aromatic N) is 1. The van der Waals surface area contributed by atoms with Crippen LogP contribution in [0, 0.1) is 0 Å². The summed E-state index contributed by atoms with van der Waals surface area (Å²) in [5, 5.41) is 13.4. The van der Waals surface area contributed by atoms with Crippen LogP contribution in [-0.2, 0) is 12.8 Å². The summed E-state index contributed by atoms with van der Waals surface area (Å²) in [5.74, 6) is -1.43. The van der Waals surface area contributed by atoms with Crippen LogP contribution in [-0.4, -0.2) is 29.1 Å². The molecule has 1 aromatic heterocycles. The summed E-state index contributed by atoms with van der Waals surface area (Å²) in [6, 6.07) is 7.93. The summed E-state index contributed by atoms with van der Waals surface area (Å²) in [4.78, 5) is 29.3. The van der Waals surface area contributed by atoms with Crippen molar-refractivity contribution in [3.05, 3.63) is 62.8 Å². The summed E-state index contributed by atoms with van der Waals surface area (Å²) < 4.78 is 5.13. The Morgan fingerprint density at radius 1 is 1.17 bits per heavy atom. The van der Waals surface area contributed by atoms with Crippen molar-refractivity contribution in [2.24, 2.45) is 0 Å². The standard InChI is InChI=1S/C21H16Cl2N2O4/c1-29-18-9-17(14(23)8-13(18)21(27)28)25-20(26)19-11-3-2-4-15(11)24-16-6-5-10(22)7-12(16)19/h5-9H,2-4H2,1H3,(H,25,26)(H,27,28). The van der Waals surface area contributed by atoms with Crippen molar-refractivity contribution in [3.63, 3.8) is 0 Å². The number of carboxylic acids is 1. The molecule has 0 aliphatic heterocycles. The predicted molar refractivity (Wildman–Crippen MR) is 112 cm³/mol. The van der Waals surface area contributed by atoms with Crippen LogP contribution in [0.2, 0.25) is 10.0 Å². The third kappa shape index (κ3) is 3.50. The molecule has 0 saturated heterocycles. The minimum absolute atomic E-state index is 0.0856. The van der Waals surface area contributed by atoms with Crippen LogP contribution >= 0.6 is 23.2 Å². The van der Waals surface area contributed by atoms with Gasteiger partial charge >= 0.3 is 5.97 Å². The molecule has 0 fully saturated rings. The van der Waals surface area contributed by atoms with E-state index in [9.17, 15) is 14.7 Å². The number of methoxy groups -OCH3 is 1. The lowest BCUT2D eigenvalue weighted by molar-refractivity contribution is 0.0693. The molecule has 6 nitrogen and oxygen atoms in total. The van der Waals surface area contributed by atoms with Gasteiger partial charge in [-0.2, -0.15) is 0 Å². The summed E-state index contributed by atoms with van der Waals surface area (Å²) in [6.07, 6.45) is 2.49. The van der Waals surface area contributed by atoms with E-state index in [-0.39, 0.29) is 27.9 Å². The number of anilines is 1. The number of aromatic nitrogens is 1. The van der Waals surface area contributed by atoms with Gasteiger partial charge in [0.1, 0.15) is 11.3 Å². The average Bonchev–Trinajstić information content (AvgIpc) is 3.15. The zero-order chi connectivity index (χ0) is 20.7. The Balaban J connectivity index is 1.81. The van der Waals surface area contributed by atoms with Gasteiger partial charge in [0.25, 0.3) is 5.91 Å². The van der Waals surface area contributed by atoms with Crippen LogP contribution in [0.3, 0.4) is 0 Å². The number of nitrogens with one attached hydrogen (secondary N) is 1. The zero-order valence-electron chi connectivity index (χ0n) is 15.4. The normalized spacial score (nSPS) is 12.7. The minimum atomic E-state index is -1.17. The summed E-state index contributed by atoms with van der Waals surface area (Å²) >= 11 is 12.4. The first-order chi connectivity index (χ1) is 13.9. The molecule has 1 aliphatic rings. The maximum absolute atomic E-state index is 13.3. The number of pyridine rings is 1. The van der Waals surface area contributed by atoms with Gasteiger partial charge in [0, 0.05) is 22.2 Å². The number of rotatable bonds is 4. The molecule has 0 bridgehead atoms. The fourth-order valence-corrected chi connectivity index (χ4v) is 4.05. The van der Waals surface area contributed by atoms with Gasteiger partial charge in [-0.3, -0.25) is 9.78 Å². The Kier molecular flexibility index (Phi) is 5.06. The molecule has 4 rings (SSSR count). The van der Waals surface area contributed by atoms with Crippen molar-refractivity contribution in [2.75, 3.05) is 12.4 Å². The molecule has 1 heterocycles. The van der Waals surface area contributed by atoms with Gasteiger partial charge in [0.2, 0.25) is 0 Å². The monoisotopic (exact) mass is 430 g/mol. The Labute approximate surface area is 176 Å². The van der Waals surface area contributed by atoms with Crippen LogP contribution in [0.1, 0.15) is 38.4 Å². The fraction of sp³-hybridized carbons (Fsp3) is 0.190. The number of carbonyl (C=O) groups is 2. The van der Waals surface area contributed by atoms with Gasteiger partial charge in [0.05, 0.1) is 28.9 Å². The van der Waals surface area contributed by atoms with Gasteiger partial charge in [-0.05, 0) is 49.1 Å². The van der Waals surface area contributed by atoms with Crippen LogP contribution in [0.25, 0.3) is 10.9 Å². The van der Waals surface area contributed by atoms with E-state index in [0.29, 0.717) is 21.5 Å². The number of fused-ring (bicyclic) bond motifs is 2. The van der Waals surface area contributed by atoms with Crippen molar-refractivity contribution >= 4 is 51.7 Å². The third-order valence-electron chi connectivity index (χ3n) is 4.97. The molecule has 0 spiro atoms. The molecule has 3 aromatic rings. The van der Waals surface area contributed by atoms with E-state index in [0.717, 1.165) is 30.5 Å². The van der Waals surface area contributed by atoms with Crippen LogP contribution < -0.4 is 10.1 Å². The SMILES string of the molecule is COc1cc(NC(=O)c2c3c(nc4ccc(Cl)cc24)CCC3)c(Cl)cc1C(=O)O. The molecule has 2 aromatic carbocycles. The third-order valence-corrected chi connectivity index (χ3v) is 5.52. The number of aryl methyl sites for hydroxylation is 1. The van der Waals surface area contributed by atoms with Crippen molar-refractivity contribution in [2.45, 2.75) is 19.3 Å². The number of ether oxygens (including phenoxy) is 1. The lowest BCUT2D eigenvalue weighted by Crippen LogP contribution is -2.16. The Morgan fingerprint density at radius 3 is 2.69 bits per heavy atom. The number of carbonyl (C=O) groups excluding carboxylic acids is 1. The van der Waals surface area contributed by atoms with Crippen molar-refractivity contribution in [1.82, 2.24) is 4.98 Å². The molecule has 1 amide bonds. The molecule has 148 valence electrons. The number of halogens is 2. The predicted octanol–water partition coefficient (Wildman–Crippen LogP) is 4.99. The Morgan fingerprint density at radius 2 is 1.97 bits per heavy atom. The Bertz CT molecular complexity index is 1180. The van der Waals surface area contributed by atoms with Gasteiger partial charge in [0.15, 0.2) is 0 Å². The van der Waals surface area contributed by atoms with Crippen LogP contribution in [0.5, 0.6) is 5.75 Å². The van der Waals surface area contributed by atoms with E-state index in [1.807, 2.05) is 0 Å². The minimum Gasteiger partial charge on any atom is -0.496 e. The zero-order valence-corrected chi connectivity index (χ0v) is 16.9. The Hall–Kier alpha value is -2.83. The van der Waals surface area contributed by atoms with E-state index >= 15 is 0 Å². The number of hydrogen-bond acceptors (Lipinski definition) is 4. The van der Waals surface area contributed by atoms with Crippen molar-refractivity contribution in [1.29, 1.82) is 0 Å². The average molecular weight is 431 g/mol. The highest BCUT2D eigenvalue weighted by Gasteiger charge is 2.25. The molecule has 0 unspecified atom stereocenters. The molecule has 2 N–H and O–H groups in total. The van der Waals surface area contributed by atoms with E-state index in [1.54, 1.807) is 18.2 Å². The molecular formula is C21H16Cl2N2O4. The van der Waals surface area contributed by atoms with Gasteiger partial charge in [-0.1, -0.05) is 23.2 Å². The second-order valence-corrected chi connectivity index (χ2v) is 7.56. The number of aromatic carboxylic acids is 1. The second kappa shape index (κ2) is 7.54. The summed E-state index contributed by atoms with van der Waals surface area (Å²) in [6.45, 7) is 0. The number of amides is 1. The van der Waals surface area contributed by atoms with Gasteiger partial charge < -0.3 is 15.2 Å². The molecule has 0 atom stereocenters. The van der Waals surface area contributed by atoms with Crippen molar-refractivity contribution in [3.8, 4) is 5.75 Å². The lowest BCUT2D eigenvalue weighted by Gasteiger charge is -2.15. The molecule has 8 heteroatoms. The maximum atomic E-state index is 13.3. The molecular weight excluding hydrogens is 415 g/mol. The van der Waals surface area contributed by atoms with E-state index in [1.165, 1.54) is 19.2 Å². The first-order valence-electron chi connectivity index (χ1n) is 8.92. The number of benzene rings is 2. The summed E-state index contributed by atoms with van der Waals surface area (Å²) in [5.41, 5.74) is 3.21. The first kappa shape index (κ1) is 19.5. The van der Waals surface area contributed by atoms with E-state index < -0.39 is 5.97 Å². The number of hydrogen-bond donors (Lipinski definition) is 2. The lowest BCUT2D eigenvalue weighted by atomic mass is 10.0. The first-order valence-corrected chi connectivity index (χ1v) is 9.68. The second-order valence-electron chi connectivity index (χ2n) is 6.72. The van der Waals surface area contributed by atoms with E-state index in [4.69, 9.17) is 27.9 Å². The smallest absolute Gasteiger partial charge is 0.339 e. The van der Waals surface area contributed by atoms with E-state index in [2.05, 4.69) is 10.3 Å². The molecule has 0 radical (unpaired) electrons. The van der Waals surface area contributed by atoms with Crippen LogP contribution in [0.15, 0.2) is 30.3 Å². The highest BCUT2D eigenvalue weighted by Crippen LogP contribution is 2.34. The largest absolute Gasteiger partial charge is 0.496 e. The quantitative estimate of drug-likeness (QED) is 0.608. The number of carboxylic acid groups (broad SMARTS) is 1. The van der Waals surface area contributed by atoms with Gasteiger partial charge in [-0.25, -0.2) is 4.79 Å². The molecule has 0 saturated carbocycles. The molecule has 29 heavy (non-hydrogen) atoms.